The van der Waals surface area contributed by atoms with Crippen molar-refractivity contribution < 1.29 is 10.0 Å². The fourth-order valence-electron chi connectivity index (χ4n) is 1.22. The van der Waals surface area contributed by atoms with E-state index in [2.05, 4.69) is 10.2 Å². The van der Waals surface area contributed by atoms with Crippen LogP contribution in [0.15, 0.2) is 23.0 Å². The first kappa shape index (κ1) is 8.09. The van der Waals surface area contributed by atoms with Gasteiger partial charge >= 0.3 is 7.12 Å². The molecule has 4 N–H and O–H groups in total. The maximum atomic E-state index is 11.0. The molecule has 1 heterocycles. The van der Waals surface area contributed by atoms with Gasteiger partial charge in [0.15, 0.2) is 0 Å². The van der Waals surface area contributed by atoms with E-state index in [9.17, 15) is 4.79 Å². The molecule has 5 nitrogen and oxygen atoms in total. The van der Waals surface area contributed by atoms with Crippen LogP contribution in [0.25, 0.3) is 10.9 Å². The summed E-state index contributed by atoms with van der Waals surface area (Å²) >= 11 is 0. The quantitative estimate of drug-likeness (QED) is 0.402. The van der Waals surface area contributed by atoms with Crippen LogP contribution in [0.1, 0.15) is 0 Å². The molecular weight excluding hydrogens is 171 g/mol. The molecule has 0 bridgehead atoms. The average molecular weight is 178 g/mol. The molecule has 13 heavy (non-hydrogen) atoms. The van der Waals surface area contributed by atoms with Crippen molar-refractivity contribution in [3.63, 3.8) is 0 Å². The van der Waals surface area contributed by atoms with Crippen molar-refractivity contribution in [3.8, 4) is 0 Å². The Morgan fingerprint density at radius 2 is 2.00 bits per heavy atom. The molecule has 1 aromatic carbocycles. The first-order valence-electron chi connectivity index (χ1n) is 3.75. The van der Waals surface area contributed by atoms with Crippen LogP contribution in [0.3, 0.4) is 0 Å². The minimum atomic E-state index is -1.51. The third kappa shape index (κ3) is 1.26. The minimum Gasteiger partial charge on any atom is -0.423 e. The molecule has 0 spiro atoms. The minimum absolute atomic E-state index is 0.214. The zero-order valence-electron chi connectivity index (χ0n) is 6.61. The molecule has 0 amide bonds. The number of aromatic nitrogens is 2. The largest absolute Gasteiger partial charge is 0.488 e. The predicted molar refractivity (Wildman–Crippen MR) is 48.7 cm³/mol. The van der Waals surface area contributed by atoms with Crippen molar-refractivity contribution >= 4 is 23.5 Å². The Morgan fingerprint density at radius 3 is 2.69 bits per heavy atom. The summed E-state index contributed by atoms with van der Waals surface area (Å²) in [6, 6.07) is 4.55. The maximum absolute atomic E-state index is 11.0. The van der Waals surface area contributed by atoms with Crippen LogP contribution in [0.5, 0.6) is 0 Å². The molecule has 2 rings (SSSR count). The third-order valence-electron chi connectivity index (χ3n) is 1.90. The summed E-state index contributed by atoms with van der Waals surface area (Å²) in [5.41, 5.74) is 0.701. The Balaban J connectivity index is 2.70. The van der Waals surface area contributed by atoms with Gasteiger partial charge in [0, 0.05) is 0 Å². The number of nitrogens with one attached hydrogen (secondary N) is 2. The Kier molecular flexibility index (Phi) is 1.71. The Labute approximate surface area is 73.2 Å². The van der Waals surface area contributed by atoms with Crippen LogP contribution in [-0.2, 0) is 0 Å². The monoisotopic (exact) mass is 178 g/mol. The highest BCUT2D eigenvalue weighted by Crippen LogP contribution is 2.02. The lowest BCUT2D eigenvalue weighted by Gasteiger charge is -1.96. The van der Waals surface area contributed by atoms with Gasteiger partial charge in [0.1, 0.15) is 0 Å². The summed E-state index contributed by atoms with van der Waals surface area (Å²) in [7, 11) is -1.51. The zero-order valence-corrected chi connectivity index (χ0v) is 6.61. The lowest BCUT2D eigenvalue weighted by atomic mass is 9.80. The summed E-state index contributed by atoms with van der Waals surface area (Å²) in [6.07, 6.45) is 0. The van der Waals surface area contributed by atoms with Crippen molar-refractivity contribution in [2.24, 2.45) is 0 Å². The molecular formula is C7H7BN2O3. The lowest BCUT2D eigenvalue weighted by Crippen LogP contribution is -2.29. The highest BCUT2D eigenvalue weighted by atomic mass is 16.4. The standard InChI is InChI=1S/C7H7BN2O3/c11-7-5-2-1-4(8(12)13)3-6(5)9-10-7/h1-3,12-13H,(H2,9,10,11). The number of rotatable bonds is 1. The van der Waals surface area contributed by atoms with Gasteiger partial charge in [-0.25, -0.2) is 0 Å². The van der Waals surface area contributed by atoms with Gasteiger partial charge in [-0.2, -0.15) is 0 Å². The van der Waals surface area contributed by atoms with Gasteiger partial charge in [0.05, 0.1) is 10.9 Å². The number of H-pyrrole nitrogens is 2. The van der Waals surface area contributed by atoms with Crippen LogP contribution in [-0.4, -0.2) is 27.4 Å². The van der Waals surface area contributed by atoms with Gasteiger partial charge in [0.25, 0.3) is 5.56 Å². The van der Waals surface area contributed by atoms with Crippen molar-refractivity contribution in [1.82, 2.24) is 10.2 Å². The van der Waals surface area contributed by atoms with E-state index in [0.29, 0.717) is 16.4 Å². The molecule has 66 valence electrons. The van der Waals surface area contributed by atoms with Gasteiger partial charge < -0.3 is 10.0 Å². The van der Waals surface area contributed by atoms with Crippen LogP contribution < -0.4 is 11.0 Å². The van der Waals surface area contributed by atoms with Crippen LogP contribution in [0.2, 0.25) is 0 Å². The number of aromatic amines is 2. The molecule has 0 fully saturated rings. The average Bonchev–Trinajstić information content (AvgIpc) is 2.47. The third-order valence-corrected chi connectivity index (χ3v) is 1.90. The second-order valence-corrected chi connectivity index (χ2v) is 2.76. The molecule has 0 saturated heterocycles. The molecule has 2 aromatic rings. The zero-order chi connectivity index (χ0) is 9.42. The molecule has 0 atom stereocenters. The topological polar surface area (TPSA) is 89.1 Å². The molecule has 6 heteroatoms. The highest BCUT2D eigenvalue weighted by Gasteiger charge is 2.11. The Hall–Kier alpha value is -1.53. The molecule has 0 radical (unpaired) electrons. The highest BCUT2D eigenvalue weighted by molar-refractivity contribution is 6.58. The number of hydrogen-bond acceptors (Lipinski definition) is 3. The lowest BCUT2D eigenvalue weighted by molar-refractivity contribution is 0.426. The van der Waals surface area contributed by atoms with Crippen LogP contribution in [0, 0.1) is 0 Å². The number of benzene rings is 1. The van der Waals surface area contributed by atoms with Crippen LogP contribution in [0.4, 0.5) is 0 Å². The Bertz CT molecular complexity index is 488. The van der Waals surface area contributed by atoms with Gasteiger partial charge in [-0.05, 0) is 17.6 Å². The summed E-state index contributed by atoms with van der Waals surface area (Å²) in [5.74, 6) is 0. The van der Waals surface area contributed by atoms with Crippen molar-refractivity contribution in [2.75, 3.05) is 0 Å². The molecule has 0 saturated carbocycles. The van der Waals surface area contributed by atoms with Crippen molar-refractivity contribution in [2.45, 2.75) is 0 Å². The maximum Gasteiger partial charge on any atom is 0.488 e. The molecule has 0 unspecified atom stereocenters. The smallest absolute Gasteiger partial charge is 0.423 e. The van der Waals surface area contributed by atoms with E-state index in [0.717, 1.165) is 0 Å². The normalized spacial score (nSPS) is 10.6. The summed E-state index contributed by atoms with van der Waals surface area (Å²) < 4.78 is 0. The predicted octanol–water partition coefficient (Wildman–Crippen LogP) is -1.46. The van der Waals surface area contributed by atoms with E-state index >= 15 is 0 Å². The number of fused-ring (bicyclic) bond motifs is 1. The van der Waals surface area contributed by atoms with Crippen molar-refractivity contribution in [1.29, 1.82) is 0 Å². The number of hydrogen-bond donors (Lipinski definition) is 4. The van der Waals surface area contributed by atoms with Gasteiger partial charge in [-0.1, -0.05) is 6.07 Å². The fraction of sp³-hybridized carbons (Fsp3) is 0. The van der Waals surface area contributed by atoms with E-state index in [1.54, 1.807) is 6.07 Å². The van der Waals surface area contributed by atoms with E-state index in [4.69, 9.17) is 10.0 Å². The van der Waals surface area contributed by atoms with Gasteiger partial charge in [-0.3, -0.25) is 15.0 Å². The second kappa shape index (κ2) is 2.76. The fourth-order valence-corrected chi connectivity index (χ4v) is 1.22. The second-order valence-electron chi connectivity index (χ2n) is 2.76. The van der Waals surface area contributed by atoms with E-state index in [-0.39, 0.29) is 5.56 Å². The van der Waals surface area contributed by atoms with E-state index < -0.39 is 7.12 Å². The molecule has 0 aliphatic rings. The molecule has 1 aromatic heterocycles. The summed E-state index contributed by atoms with van der Waals surface area (Å²) in [6.45, 7) is 0. The summed E-state index contributed by atoms with van der Waals surface area (Å²) in [4.78, 5) is 11.0. The molecule has 0 aliphatic heterocycles. The van der Waals surface area contributed by atoms with E-state index in [1.807, 2.05) is 0 Å². The van der Waals surface area contributed by atoms with E-state index in [1.165, 1.54) is 12.1 Å². The van der Waals surface area contributed by atoms with Gasteiger partial charge in [-0.15, -0.1) is 0 Å². The Morgan fingerprint density at radius 1 is 1.23 bits per heavy atom. The SMILES string of the molecule is O=c1[nH][nH]c2cc(B(O)O)ccc12. The first-order valence-corrected chi connectivity index (χ1v) is 3.75. The summed E-state index contributed by atoms with van der Waals surface area (Å²) in [5, 5.41) is 23.2. The van der Waals surface area contributed by atoms with Crippen LogP contribution >= 0.6 is 0 Å². The first-order chi connectivity index (χ1) is 6.18. The molecule has 0 aliphatic carbocycles. The van der Waals surface area contributed by atoms with Gasteiger partial charge in [0.2, 0.25) is 0 Å². The van der Waals surface area contributed by atoms with Crippen molar-refractivity contribution in [3.05, 3.63) is 28.6 Å².